The molecule has 28 heavy (non-hydrogen) atoms. The summed E-state index contributed by atoms with van der Waals surface area (Å²) in [7, 11) is 0. The van der Waals surface area contributed by atoms with Gasteiger partial charge in [0.2, 0.25) is 5.91 Å². The molecule has 0 saturated heterocycles. The predicted octanol–water partition coefficient (Wildman–Crippen LogP) is 5.62. The summed E-state index contributed by atoms with van der Waals surface area (Å²) in [6.45, 7) is 2.18. The molecule has 5 heteroatoms. The Morgan fingerprint density at radius 1 is 1.11 bits per heavy atom. The van der Waals surface area contributed by atoms with Crippen molar-refractivity contribution < 1.29 is 14.3 Å². The number of hydrogen-bond donors (Lipinski definition) is 1. The van der Waals surface area contributed by atoms with E-state index in [2.05, 4.69) is 5.32 Å². The van der Waals surface area contributed by atoms with Gasteiger partial charge in [-0.2, -0.15) is 0 Å². The average molecular weight is 398 g/mol. The third-order valence-electron chi connectivity index (χ3n) is 6.98. The molecule has 1 aromatic heterocycles. The zero-order valence-corrected chi connectivity index (χ0v) is 17.1. The molecule has 1 amide bonds. The highest BCUT2D eigenvalue weighted by Gasteiger charge is 2.51. The monoisotopic (exact) mass is 397 g/mol. The number of nitrogens with one attached hydrogen (secondary N) is 1. The Labute approximate surface area is 169 Å². The maximum atomic E-state index is 12.8. The Morgan fingerprint density at radius 2 is 1.79 bits per heavy atom. The predicted molar refractivity (Wildman–Crippen MR) is 112 cm³/mol. The molecule has 1 aromatic carbocycles. The zero-order valence-electron chi connectivity index (χ0n) is 16.3. The highest BCUT2D eigenvalue weighted by Crippen LogP contribution is 2.61. The fourth-order valence-corrected chi connectivity index (χ4v) is 7.41. The van der Waals surface area contributed by atoms with E-state index >= 15 is 0 Å². The SMILES string of the molecule is CCOC(=O)c1cc2cc(NC(=O)CC34CC5CC(CC(C5)C3)C4)ccc2s1. The van der Waals surface area contributed by atoms with Crippen molar-refractivity contribution >= 4 is 39.0 Å². The molecule has 0 radical (unpaired) electrons. The summed E-state index contributed by atoms with van der Waals surface area (Å²) >= 11 is 1.43. The van der Waals surface area contributed by atoms with Crippen LogP contribution in [0.3, 0.4) is 0 Å². The molecule has 4 nitrogen and oxygen atoms in total. The number of anilines is 1. The molecule has 2 aromatic rings. The minimum atomic E-state index is -0.281. The van der Waals surface area contributed by atoms with Crippen LogP contribution in [-0.2, 0) is 9.53 Å². The summed E-state index contributed by atoms with van der Waals surface area (Å²) in [4.78, 5) is 25.4. The molecular weight excluding hydrogens is 370 g/mol. The Kier molecular flexibility index (Phi) is 4.46. The van der Waals surface area contributed by atoms with Gasteiger partial charge in [-0.05, 0) is 98.3 Å². The minimum Gasteiger partial charge on any atom is -0.462 e. The summed E-state index contributed by atoms with van der Waals surface area (Å²) in [5.74, 6) is 2.45. The van der Waals surface area contributed by atoms with Crippen LogP contribution in [0.25, 0.3) is 10.1 Å². The highest BCUT2D eigenvalue weighted by molar-refractivity contribution is 7.20. The Hall–Kier alpha value is -1.88. The Balaban J connectivity index is 1.28. The van der Waals surface area contributed by atoms with E-state index in [4.69, 9.17) is 4.74 Å². The van der Waals surface area contributed by atoms with E-state index in [9.17, 15) is 9.59 Å². The van der Waals surface area contributed by atoms with E-state index in [0.717, 1.165) is 33.5 Å². The van der Waals surface area contributed by atoms with Crippen molar-refractivity contribution in [3.8, 4) is 0 Å². The van der Waals surface area contributed by atoms with E-state index in [1.807, 2.05) is 31.2 Å². The second-order valence-electron chi connectivity index (χ2n) is 9.23. The first-order chi connectivity index (χ1) is 13.5. The van der Waals surface area contributed by atoms with Gasteiger partial charge < -0.3 is 10.1 Å². The first-order valence-electron chi connectivity index (χ1n) is 10.5. The molecule has 1 heterocycles. The number of fused-ring (bicyclic) bond motifs is 1. The number of rotatable bonds is 5. The Morgan fingerprint density at radius 3 is 2.43 bits per heavy atom. The van der Waals surface area contributed by atoms with Crippen LogP contribution in [0.2, 0.25) is 0 Å². The number of esters is 1. The summed E-state index contributed by atoms with van der Waals surface area (Å²) in [5, 5.41) is 4.10. The van der Waals surface area contributed by atoms with Crippen molar-refractivity contribution in [2.45, 2.75) is 51.9 Å². The van der Waals surface area contributed by atoms with E-state index in [1.54, 1.807) is 0 Å². The van der Waals surface area contributed by atoms with Crippen LogP contribution in [0.5, 0.6) is 0 Å². The van der Waals surface area contributed by atoms with Gasteiger partial charge >= 0.3 is 5.97 Å². The van der Waals surface area contributed by atoms with Gasteiger partial charge in [-0.25, -0.2) is 4.79 Å². The van der Waals surface area contributed by atoms with Gasteiger partial charge in [-0.15, -0.1) is 11.3 Å². The van der Waals surface area contributed by atoms with Crippen molar-refractivity contribution in [1.82, 2.24) is 0 Å². The van der Waals surface area contributed by atoms with Crippen LogP contribution >= 0.6 is 11.3 Å². The van der Waals surface area contributed by atoms with E-state index in [0.29, 0.717) is 17.9 Å². The van der Waals surface area contributed by atoms with Gasteiger partial charge in [0.25, 0.3) is 0 Å². The van der Waals surface area contributed by atoms with Crippen molar-refractivity contribution in [2.24, 2.45) is 23.2 Å². The quantitative estimate of drug-likeness (QED) is 0.666. The number of ether oxygens (including phenoxy) is 1. The largest absolute Gasteiger partial charge is 0.462 e. The van der Waals surface area contributed by atoms with Crippen molar-refractivity contribution in [2.75, 3.05) is 11.9 Å². The number of carbonyl (C=O) groups excluding carboxylic acids is 2. The van der Waals surface area contributed by atoms with Crippen molar-refractivity contribution in [3.05, 3.63) is 29.1 Å². The lowest BCUT2D eigenvalue weighted by Gasteiger charge is -2.56. The molecule has 6 rings (SSSR count). The maximum Gasteiger partial charge on any atom is 0.348 e. The molecule has 0 spiro atoms. The molecule has 0 unspecified atom stereocenters. The minimum absolute atomic E-state index is 0.141. The maximum absolute atomic E-state index is 12.8. The van der Waals surface area contributed by atoms with Gasteiger partial charge in [0, 0.05) is 16.8 Å². The van der Waals surface area contributed by atoms with Crippen LogP contribution in [0.4, 0.5) is 5.69 Å². The summed E-state index contributed by atoms with van der Waals surface area (Å²) < 4.78 is 6.12. The second kappa shape index (κ2) is 6.87. The molecule has 1 N–H and O–H groups in total. The second-order valence-corrected chi connectivity index (χ2v) is 10.3. The van der Waals surface area contributed by atoms with Crippen LogP contribution in [0.15, 0.2) is 24.3 Å². The van der Waals surface area contributed by atoms with Gasteiger partial charge in [0.1, 0.15) is 4.88 Å². The molecule has 0 aliphatic heterocycles. The first-order valence-corrected chi connectivity index (χ1v) is 11.3. The lowest BCUT2D eigenvalue weighted by molar-refractivity contribution is -0.124. The standard InChI is InChI=1S/C23H27NO3S/c1-2-27-22(26)20-9-17-8-18(3-4-19(17)28-20)24-21(25)13-23-10-14-5-15(11-23)7-16(6-14)12-23/h3-4,8-9,14-16H,2,5-7,10-13H2,1H3,(H,24,25). The molecular formula is C23H27NO3S. The van der Waals surface area contributed by atoms with Crippen LogP contribution in [-0.4, -0.2) is 18.5 Å². The Bertz CT molecular complexity index is 896. The van der Waals surface area contributed by atoms with Crippen LogP contribution in [0.1, 0.15) is 61.5 Å². The number of hydrogen-bond acceptors (Lipinski definition) is 4. The van der Waals surface area contributed by atoms with Crippen LogP contribution in [0, 0.1) is 23.2 Å². The summed E-state index contributed by atoms with van der Waals surface area (Å²) in [6.07, 6.45) is 8.61. The number of amides is 1. The third-order valence-corrected chi connectivity index (χ3v) is 8.07. The lowest BCUT2D eigenvalue weighted by atomic mass is 9.49. The molecule has 4 aliphatic rings. The summed E-state index contributed by atoms with van der Waals surface area (Å²) in [5.41, 5.74) is 1.07. The fraction of sp³-hybridized carbons (Fsp3) is 0.565. The topological polar surface area (TPSA) is 55.4 Å². The van der Waals surface area contributed by atoms with E-state index < -0.39 is 0 Å². The molecule has 4 bridgehead atoms. The zero-order chi connectivity index (χ0) is 19.3. The van der Waals surface area contributed by atoms with E-state index in [-0.39, 0.29) is 17.3 Å². The number of benzene rings is 1. The van der Waals surface area contributed by atoms with Crippen molar-refractivity contribution in [1.29, 1.82) is 0 Å². The van der Waals surface area contributed by atoms with Gasteiger partial charge in [-0.1, -0.05) is 0 Å². The highest BCUT2D eigenvalue weighted by atomic mass is 32.1. The first kappa shape index (κ1) is 18.2. The normalized spacial score (nSPS) is 30.5. The van der Waals surface area contributed by atoms with Crippen molar-refractivity contribution in [3.63, 3.8) is 0 Å². The lowest BCUT2D eigenvalue weighted by Crippen LogP contribution is -2.47. The number of thiophene rings is 1. The number of carbonyl (C=O) groups is 2. The smallest absolute Gasteiger partial charge is 0.348 e. The van der Waals surface area contributed by atoms with Gasteiger partial charge in [0.15, 0.2) is 0 Å². The molecule has 4 saturated carbocycles. The molecule has 4 fully saturated rings. The molecule has 148 valence electrons. The van der Waals surface area contributed by atoms with Gasteiger partial charge in [0.05, 0.1) is 6.61 Å². The summed E-state index contributed by atoms with van der Waals surface area (Å²) in [6, 6.07) is 7.73. The van der Waals surface area contributed by atoms with Gasteiger partial charge in [-0.3, -0.25) is 4.79 Å². The van der Waals surface area contributed by atoms with Crippen LogP contribution < -0.4 is 5.32 Å². The fourth-order valence-electron chi connectivity index (χ4n) is 6.48. The third kappa shape index (κ3) is 3.34. The average Bonchev–Trinajstić information content (AvgIpc) is 3.03. The van der Waals surface area contributed by atoms with E-state index in [1.165, 1.54) is 49.9 Å². The molecule has 4 aliphatic carbocycles. The molecule has 0 atom stereocenters.